The van der Waals surface area contributed by atoms with E-state index in [0.29, 0.717) is 0 Å². The first-order chi connectivity index (χ1) is 14.1. The van der Waals surface area contributed by atoms with Crippen LogP contribution < -0.4 is 9.47 Å². The molecule has 0 spiro atoms. The summed E-state index contributed by atoms with van der Waals surface area (Å²) in [6, 6.07) is 20.4. The standard InChI is InChI=1S/C24H23Cl2NO2/c1-28-22-13-17-9-10-27(15-16-5-3-7-19(25)11-16)24(21(17)14-23(22)29-2)18-6-4-8-20(26)12-18/h3-8,11-14,24H,9-10,15H2,1-2H3. The van der Waals surface area contributed by atoms with Crippen LogP contribution in [0.15, 0.2) is 60.7 Å². The molecule has 0 N–H and O–H groups in total. The van der Waals surface area contributed by atoms with E-state index in [1.54, 1.807) is 14.2 Å². The minimum Gasteiger partial charge on any atom is -0.493 e. The van der Waals surface area contributed by atoms with Gasteiger partial charge in [-0.1, -0.05) is 47.5 Å². The van der Waals surface area contributed by atoms with Gasteiger partial charge in [-0.3, -0.25) is 4.90 Å². The van der Waals surface area contributed by atoms with Crippen LogP contribution in [-0.2, 0) is 13.0 Å². The van der Waals surface area contributed by atoms with Gasteiger partial charge in [-0.2, -0.15) is 0 Å². The quantitative estimate of drug-likeness (QED) is 0.486. The molecule has 0 fully saturated rings. The molecule has 150 valence electrons. The normalized spacial score (nSPS) is 16.3. The van der Waals surface area contributed by atoms with E-state index < -0.39 is 0 Å². The second-order valence-corrected chi connectivity index (χ2v) is 8.09. The summed E-state index contributed by atoms with van der Waals surface area (Å²) < 4.78 is 11.1. The molecule has 0 amide bonds. The van der Waals surface area contributed by atoms with Crippen LogP contribution in [0.2, 0.25) is 10.0 Å². The predicted molar refractivity (Wildman–Crippen MR) is 118 cm³/mol. The Balaban J connectivity index is 1.80. The minimum absolute atomic E-state index is 0.0660. The fourth-order valence-electron chi connectivity index (χ4n) is 4.10. The van der Waals surface area contributed by atoms with Gasteiger partial charge in [0.15, 0.2) is 11.5 Å². The van der Waals surface area contributed by atoms with Gasteiger partial charge in [-0.15, -0.1) is 0 Å². The van der Waals surface area contributed by atoms with E-state index in [0.717, 1.165) is 46.6 Å². The summed E-state index contributed by atoms with van der Waals surface area (Å²) in [5.74, 6) is 1.50. The third-order valence-electron chi connectivity index (χ3n) is 5.41. The number of halogens is 2. The van der Waals surface area contributed by atoms with E-state index in [2.05, 4.69) is 29.2 Å². The molecular formula is C24H23Cl2NO2. The van der Waals surface area contributed by atoms with E-state index in [1.165, 1.54) is 16.7 Å². The molecular weight excluding hydrogens is 405 g/mol. The lowest BCUT2D eigenvalue weighted by Crippen LogP contribution is -2.35. The molecule has 3 nitrogen and oxygen atoms in total. The molecule has 1 heterocycles. The molecule has 29 heavy (non-hydrogen) atoms. The lowest BCUT2D eigenvalue weighted by molar-refractivity contribution is 0.203. The van der Waals surface area contributed by atoms with Crippen molar-refractivity contribution in [2.24, 2.45) is 0 Å². The zero-order valence-corrected chi connectivity index (χ0v) is 18.0. The van der Waals surface area contributed by atoms with Gasteiger partial charge >= 0.3 is 0 Å². The maximum absolute atomic E-state index is 6.35. The minimum atomic E-state index is 0.0660. The maximum atomic E-state index is 6.35. The molecule has 0 saturated carbocycles. The molecule has 4 rings (SSSR count). The molecule has 3 aromatic rings. The number of rotatable bonds is 5. The highest BCUT2D eigenvalue weighted by Crippen LogP contribution is 2.42. The number of fused-ring (bicyclic) bond motifs is 1. The summed E-state index contributed by atoms with van der Waals surface area (Å²) in [4.78, 5) is 2.46. The summed E-state index contributed by atoms with van der Waals surface area (Å²) in [6.07, 6.45) is 0.938. The molecule has 0 bridgehead atoms. The third kappa shape index (κ3) is 4.23. The molecule has 3 aromatic carbocycles. The van der Waals surface area contributed by atoms with Crippen molar-refractivity contribution in [1.82, 2.24) is 4.90 Å². The third-order valence-corrected chi connectivity index (χ3v) is 5.88. The number of hydrogen-bond acceptors (Lipinski definition) is 3. The first-order valence-corrected chi connectivity index (χ1v) is 10.3. The largest absolute Gasteiger partial charge is 0.493 e. The Bertz CT molecular complexity index is 1020. The highest BCUT2D eigenvalue weighted by Gasteiger charge is 2.30. The predicted octanol–water partition coefficient (Wildman–Crippen LogP) is 6.16. The van der Waals surface area contributed by atoms with Crippen LogP contribution in [0.5, 0.6) is 11.5 Å². The van der Waals surface area contributed by atoms with Gasteiger partial charge in [-0.25, -0.2) is 0 Å². The van der Waals surface area contributed by atoms with Crippen molar-refractivity contribution in [2.75, 3.05) is 20.8 Å². The molecule has 1 aliphatic rings. The van der Waals surface area contributed by atoms with Gasteiger partial charge in [-0.05, 0) is 65.1 Å². The Labute approximate surface area is 181 Å². The molecule has 0 radical (unpaired) electrons. The summed E-state index contributed by atoms with van der Waals surface area (Å²) in [5, 5.41) is 1.49. The van der Waals surface area contributed by atoms with Gasteiger partial charge in [0, 0.05) is 23.1 Å². The zero-order chi connectivity index (χ0) is 20.4. The maximum Gasteiger partial charge on any atom is 0.161 e. The Morgan fingerprint density at radius 2 is 1.59 bits per heavy atom. The van der Waals surface area contributed by atoms with Gasteiger partial charge in [0.1, 0.15) is 0 Å². The lowest BCUT2D eigenvalue weighted by atomic mass is 9.87. The topological polar surface area (TPSA) is 21.7 Å². The van der Waals surface area contributed by atoms with E-state index in [9.17, 15) is 0 Å². The van der Waals surface area contributed by atoms with Crippen LogP contribution in [0.3, 0.4) is 0 Å². The SMILES string of the molecule is COc1cc2c(cc1OC)C(c1cccc(Cl)c1)N(Cc1cccc(Cl)c1)CC2. The smallest absolute Gasteiger partial charge is 0.161 e. The number of benzene rings is 3. The van der Waals surface area contributed by atoms with Crippen molar-refractivity contribution in [3.05, 3.63) is 93.0 Å². The van der Waals surface area contributed by atoms with Gasteiger partial charge in [0.2, 0.25) is 0 Å². The van der Waals surface area contributed by atoms with Crippen LogP contribution in [0.25, 0.3) is 0 Å². The fourth-order valence-corrected chi connectivity index (χ4v) is 4.52. The molecule has 1 atom stereocenters. The Hall–Kier alpha value is -2.20. The number of methoxy groups -OCH3 is 2. The number of nitrogens with zero attached hydrogens (tertiary/aromatic N) is 1. The van der Waals surface area contributed by atoms with Crippen LogP contribution in [0.1, 0.15) is 28.3 Å². The Morgan fingerprint density at radius 3 is 2.28 bits per heavy atom. The first kappa shape index (κ1) is 20.1. The average molecular weight is 428 g/mol. The second-order valence-electron chi connectivity index (χ2n) is 7.21. The molecule has 1 unspecified atom stereocenters. The van der Waals surface area contributed by atoms with E-state index in [1.807, 2.05) is 36.4 Å². The Morgan fingerprint density at radius 1 is 0.897 bits per heavy atom. The monoisotopic (exact) mass is 427 g/mol. The van der Waals surface area contributed by atoms with E-state index >= 15 is 0 Å². The van der Waals surface area contributed by atoms with Crippen molar-refractivity contribution in [3.8, 4) is 11.5 Å². The van der Waals surface area contributed by atoms with Gasteiger partial charge in [0.05, 0.1) is 20.3 Å². The van der Waals surface area contributed by atoms with Crippen LogP contribution in [-0.4, -0.2) is 25.7 Å². The van der Waals surface area contributed by atoms with Crippen molar-refractivity contribution >= 4 is 23.2 Å². The zero-order valence-electron chi connectivity index (χ0n) is 16.5. The van der Waals surface area contributed by atoms with Gasteiger partial charge in [0.25, 0.3) is 0 Å². The lowest BCUT2D eigenvalue weighted by Gasteiger charge is -2.38. The van der Waals surface area contributed by atoms with Crippen molar-refractivity contribution in [2.45, 2.75) is 19.0 Å². The fraction of sp³-hybridized carbons (Fsp3) is 0.250. The van der Waals surface area contributed by atoms with Crippen LogP contribution in [0, 0.1) is 0 Å². The van der Waals surface area contributed by atoms with Crippen LogP contribution >= 0.6 is 23.2 Å². The highest BCUT2D eigenvalue weighted by molar-refractivity contribution is 6.30. The summed E-state index contributed by atoms with van der Waals surface area (Å²) in [7, 11) is 3.35. The average Bonchev–Trinajstić information content (AvgIpc) is 2.72. The first-order valence-electron chi connectivity index (χ1n) is 9.58. The molecule has 0 aliphatic carbocycles. The van der Waals surface area contributed by atoms with E-state index in [-0.39, 0.29) is 6.04 Å². The highest BCUT2D eigenvalue weighted by atomic mass is 35.5. The Kier molecular flexibility index (Phi) is 6.00. The second kappa shape index (κ2) is 8.66. The summed E-state index contributed by atoms with van der Waals surface area (Å²) in [6.45, 7) is 1.72. The number of hydrogen-bond donors (Lipinski definition) is 0. The van der Waals surface area contributed by atoms with Crippen LogP contribution in [0.4, 0.5) is 0 Å². The van der Waals surface area contributed by atoms with E-state index in [4.69, 9.17) is 32.7 Å². The summed E-state index contributed by atoms with van der Waals surface area (Å²) >= 11 is 12.6. The molecule has 1 aliphatic heterocycles. The van der Waals surface area contributed by atoms with Crippen molar-refractivity contribution < 1.29 is 9.47 Å². The van der Waals surface area contributed by atoms with Crippen molar-refractivity contribution in [1.29, 1.82) is 0 Å². The van der Waals surface area contributed by atoms with Crippen molar-refractivity contribution in [3.63, 3.8) is 0 Å². The molecule has 5 heteroatoms. The molecule has 0 aromatic heterocycles. The summed E-state index contributed by atoms with van der Waals surface area (Å²) in [5.41, 5.74) is 4.84. The number of ether oxygens (including phenoxy) is 2. The molecule has 0 saturated heterocycles. The van der Waals surface area contributed by atoms with Gasteiger partial charge < -0.3 is 9.47 Å².